The van der Waals surface area contributed by atoms with Crippen molar-refractivity contribution in [3.8, 4) is 5.75 Å². The van der Waals surface area contributed by atoms with Crippen LogP contribution in [0.1, 0.15) is 38.8 Å². The van der Waals surface area contributed by atoms with Gasteiger partial charge in [-0.05, 0) is 52.0 Å². The van der Waals surface area contributed by atoms with Crippen molar-refractivity contribution < 1.29 is 13.5 Å². The second-order valence-corrected chi connectivity index (χ2v) is 7.78. The first kappa shape index (κ1) is 17.6. The molecule has 0 saturated carbocycles. The molecular formula is C22H20F2N2O. The van der Waals surface area contributed by atoms with Crippen molar-refractivity contribution in [3.05, 3.63) is 71.4 Å². The molecule has 2 heterocycles. The molecule has 1 aliphatic heterocycles. The van der Waals surface area contributed by atoms with Gasteiger partial charge in [0.25, 0.3) is 0 Å². The van der Waals surface area contributed by atoms with E-state index >= 15 is 0 Å². The van der Waals surface area contributed by atoms with E-state index in [4.69, 9.17) is 9.73 Å². The van der Waals surface area contributed by atoms with Crippen LogP contribution in [0.15, 0.2) is 53.7 Å². The zero-order valence-corrected chi connectivity index (χ0v) is 15.7. The van der Waals surface area contributed by atoms with E-state index < -0.39 is 17.0 Å². The third-order valence-electron chi connectivity index (χ3n) is 5.38. The first-order valence-corrected chi connectivity index (χ1v) is 8.82. The van der Waals surface area contributed by atoms with Crippen molar-refractivity contribution in [1.82, 2.24) is 4.98 Å². The Morgan fingerprint density at radius 1 is 0.926 bits per heavy atom. The monoisotopic (exact) mass is 366 g/mol. The summed E-state index contributed by atoms with van der Waals surface area (Å²) in [6, 6.07) is 11.4. The summed E-state index contributed by atoms with van der Waals surface area (Å²) in [4.78, 5) is 9.21. The standard InChI is InChI=1S/C22H20F2N2O/c1-21(2)22(3,4)27-20-15(8-6-10-17(20)24)18(26-21)14-11-13-7-5-9-16(23)19(13)25-12-14/h5-12H,1-4H3. The normalized spacial score (nSPS) is 17.6. The highest BCUT2D eigenvalue weighted by Crippen LogP contribution is 2.39. The molecule has 0 fully saturated rings. The first-order valence-electron chi connectivity index (χ1n) is 8.82. The Morgan fingerprint density at radius 2 is 1.63 bits per heavy atom. The SMILES string of the molecule is CC1(C)N=C(c2cnc3c(F)cccc3c2)c2cccc(F)c2OC1(C)C. The molecular weight excluding hydrogens is 346 g/mol. The molecule has 27 heavy (non-hydrogen) atoms. The van der Waals surface area contributed by atoms with Crippen LogP contribution < -0.4 is 4.74 Å². The van der Waals surface area contributed by atoms with Crippen molar-refractivity contribution in [2.24, 2.45) is 4.99 Å². The van der Waals surface area contributed by atoms with Crippen molar-refractivity contribution in [2.75, 3.05) is 0 Å². The summed E-state index contributed by atoms with van der Waals surface area (Å²) in [5.41, 5.74) is 0.761. The third kappa shape index (κ3) is 2.78. The first-order chi connectivity index (χ1) is 12.7. The Morgan fingerprint density at radius 3 is 2.41 bits per heavy atom. The summed E-state index contributed by atoms with van der Waals surface area (Å²) < 4.78 is 34.7. The number of benzene rings is 2. The number of hydrogen-bond acceptors (Lipinski definition) is 3. The van der Waals surface area contributed by atoms with Crippen LogP contribution in [0.5, 0.6) is 5.75 Å². The molecule has 0 amide bonds. The lowest BCUT2D eigenvalue weighted by Gasteiger charge is -2.37. The summed E-state index contributed by atoms with van der Waals surface area (Å²) in [5, 5.41) is 0.662. The van der Waals surface area contributed by atoms with Crippen LogP contribution in [0.3, 0.4) is 0 Å². The van der Waals surface area contributed by atoms with Gasteiger partial charge in [-0.3, -0.25) is 9.98 Å². The van der Waals surface area contributed by atoms with Gasteiger partial charge in [-0.2, -0.15) is 0 Å². The van der Waals surface area contributed by atoms with Gasteiger partial charge in [-0.25, -0.2) is 8.78 Å². The minimum Gasteiger partial charge on any atom is -0.482 e. The minimum atomic E-state index is -0.734. The average Bonchev–Trinajstić information content (AvgIpc) is 2.69. The van der Waals surface area contributed by atoms with Crippen LogP contribution in [0, 0.1) is 11.6 Å². The van der Waals surface area contributed by atoms with Crippen LogP contribution in [-0.2, 0) is 0 Å². The van der Waals surface area contributed by atoms with Gasteiger partial charge < -0.3 is 4.74 Å². The molecule has 0 radical (unpaired) electrons. The molecule has 3 aromatic rings. The highest BCUT2D eigenvalue weighted by molar-refractivity contribution is 6.15. The number of aliphatic imine (C=N–C) groups is 1. The molecule has 0 atom stereocenters. The molecule has 138 valence electrons. The van der Waals surface area contributed by atoms with Crippen LogP contribution in [-0.4, -0.2) is 21.8 Å². The number of nitrogens with zero attached hydrogens (tertiary/aromatic N) is 2. The summed E-state index contributed by atoms with van der Waals surface area (Å²) in [7, 11) is 0. The number of hydrogen-bond donors (Lipinski definition) is 0. The molecule has 0 aliphatic carbocycles. The van der Waals surface area contributed by atoms with Gasteiger partial charge in [0.15, 0.2) is 11.6 Å². The quantitative estimate of drug-likeness (QED) is 0.586. The predicted octanol–water partition coefficient (Wildman–Crippen LogP) is 5.30. The molecule has 0 bridgehead atoms. The number of pyridine rings is 1. The highest BCUT2D eigenvalue weighted by Gasteiger charge is 2.43. The Balaban J connectivity index is 2.01. The number of halogens is 2. The number of fused-ring (bicyclic) bond motifs is 2. The maximum Gasteiger partial charge on any atom is 0.165 e. The summed E-state index contributed by atoms with van der Waals surface area (Å²) in [5.74, 6) is -0.643. The Labute approximate surface area is 156 Å². The molecule has 5 heteroatoms. The van der Waals surface area contributed by atoms with Gasteiger partial charge in [0, 0.05) is 22.7 Å². The Kier molecular flexibility index (Phi) is 3.81. The molecule has 4 rings (SSSR count). The minimum absolute atomic E-state index is 0.172. The van der Waals surface area contributed by atoms with Gasteiger partial charge in [0.05, 0.1) is 11.3 Å². The summed E-state index contributed by atoms with van der Waals surface area (Å²) in [6.07, 6.45) is 1.58. The van der Waals surface area contributed by atoms with Crippen LogP contribution >= 0.6 is 0 Å². The van der Waals surface area contributed by atoms with Gasteiger partial charge in [-0.1, -0.05) is 18.2 Å². The van der Waals surface area contributed by atoms with E-state index in [2.05, 4.69) is 4.98 Å². The van der Waals surface area contributed by atoms with E-state index in [1.165, 1.54) is 12.1 Å². The second kappa shape index (κ2) is 5.84. The van der Waals surface area contributed by atoms with Crippen LogP contribution in [0.25, 0.3) is 10.9 Å². The topological polar surface area (TPSA) is 34.5 Å². The molecule has 2 aromatic carbocycles. The van der Waals surface area contributed by atoms with E-state index in [9.17, 15) is 8.78 Å². The molecule has 0 spiro atoms. The predicted molar refractivity (Wildman–Crippen MR) is 103 cm³/mol. The zero-order chi connectivity index (χ0) is 19.4. The molecule has 1 aromatic heterocycles. The van der Waals surface area contributed by atoms with E-state index in [-0.39, 0.29) is 11.6 Å². The van der Waals surface area contributed by atoms with E-state index in [0.717, 1.165) is 0 Å². The Hall–Kier alpha value is -2.82. The Bertz CT molecular complexity index is 1090. The van der Waals surface area contributed by atoms with Gasteiger partial charge in [0.1, 0.15) is 16.9 Å². The lowest BCUT2D eigenvalue weighted by molar-refractivity contribution is 0.0403. The average molecular weight is 366 g/mol. The molecule has 0 saturated heterocycles. The number of para-hydroxylation sites is 2. The maximum absolute atomic E-state index is 14.6. The maximum atomic E-state index is 14.6. The van der Waals surface area contributed by atoms with E-state index in [0.29, 0.717) is 27.7 Å². The molecule has 0 N–H and O–H groups in total. The smallest absolute Gasteiger partial charge is 0.165 e. The molecule has 0 unspecified atom stereocenters. The van der Waals surface area contributed by atoms with Gasteiger partial charge in [-0.15, -0.1) is 0 Å². The van der Waals surface area contributed by atoms with Crippen molar-refractivity contribution in [3.63, 3.8) is 0 Å². The number of ether oxygens (including phenoxy) is 1. The second-order valence-electron chi connectivity index (χ2n) is 7.78. The molecule has 3 nitrogen and oxygen atoms in total. The largest absolute Gasteiger partial charge is 0.482 e. The van der Waals surface area contributed by atoms with Gasteiger partial charge in [0.2, 0.25) is 0 Å². The van der Waals surface area contributed by atoms with Crippen LogP contribution in [0.2, 0.25) is 0 Å². The van der Waals surface area contributed by atoms with Crippen LogP contribution in [0.4, 0.5) is 8.78 Å². The van der Waals surface area contributed by atoms with E-state index in [1.807, 2.05) is 33.8 Å². The van der Waals surface area contributed by atoms with Gasteiger partial charge >= 0.3 is 0 Å². The zero-order valence-electron chi connectivity index (χ0n) is 15.7. The summed E-state index contributed by atoms with van der Waals surface area (Å²) >= 11 is 0. The molecule has 1 aliphatic rings. The highest BCUT2D eigenvalue weighted by atomic mass is 19.1. The number of rotatable bonds is 1. The summed E-state index contributed by atoms with van der Waals surface area (Å²) in [6.45, 7) is 7.68. The van der Waals surface area contributed by atoms with Crippen molar-refractivity contribution in [1.29, 1.82) is 0 Å². The lowest BCUT2D eigenvalue weighted by atomic mass is 9.86. The van der Waals surface area contributed by atoms with Crippen molar-refractivity contribution in [2.45, 2.75) is 38.8 Å². The fraction of sp³-hybridized carbons (Fsp3) is 0.273. The lowest BCUT2D eigenvalue weighted by Crippen LogP contribution is -2.48. The van der Waals surface area contributed by atoms with E-state index in [1.54, 1.807) is 30.5 Å². The van der Waals surface area contributed by atoms with Crippen molar-refractivity contribution >= 4 is 16.6 Å². The number of aromatic nitrogens is 1. The fourth-order valence-corrected chi connectivity index (χ4v) is 3.13. The third-order valence-corrected chi connectivity index (χ3v) is 5.38. The fourth-order valence-electron chi connectivity index (χ4n) is 3.13.